The molecule has 0 saturated heterocycles. The normalized spacial score (nSPS) is 12.4. The average Bonchev–Trinajstić information content (AvgIpc) is 3.04. The Kier molecular flexibility index (Phi) is 4.84. The number of thiophene rings is 1. The SMILES string of the molecule is N/C(=N\OC(=O)c1scc2c(Cl)cc(C(F)(F)F)nc12)c1ccccc1. The highest BCUT2D eigenvalue weighted by molar-refractivity contribution is 7.13. The molecule has 0 aliphatic rings. The van der Waals surface area contributed by atoms with E-state index in [0.29, 0.717) is 11.6 Å². The maximum Gasteiger partial charge on any atom is 0.433 e. The average molecular weight is 400 g/mol. The maximum atomic E-state index is 12.9. The van der Waals surface area contributed by atoms with E-state index in [1.165, 1.54) is 5.38 Å². The molecule has 0 bridgehead atoms. The van der Waals surface area contributed by atoms with Gasteiger partial charge in [0, 0.05) is 16.3 Å². The van der Waals surface area contributed by atoms with E-state index in [1.54, 1.807) is 30.3 Å². The molecule has 1 aromatic carbocycles. The fourth-order valence-electron chi connectivity index (χ4n) is 2.07. The number of hydrogen-bond donors (Lipinski definition) is 1. The molecule has 26 heavy (non-hydrogen) atoms. The Morgan fingerprint density at radius 2 is 1.96 bits per heavy atom. The van der Waals surface area contributed by atoms with E-state index in [9.17, 15) is 18.0 Å². The third-order valence-corrected chi connectivity index (χ3v) is 4.55. The second kappa shape index (κ2) is 6.93. The van der Waals surface area contributed by atoms with Gasteiger partial charge in [-0.25, -0.2) is 9.78 Å². The van der Waals surface area contributed by atoms with E-state index in [4.69, 9.17) is 22.2 Å². The van der Waals surface area contributed by atoms with E-state index >= 15 is 0 Å². The Bertz CT molecular complexity index is 1000. The van der Waals surface area contributed by atoms with Crippen LogP contribution in [0.2, 0.25) is 5.02 Å². The van der Waals surface area contributed by atoms with Gasteiger partial charge >= 0.3 is 12.1 Å². The second-order valence-corrected chi connectivity index (χ2v) is 6.32. The van der Waals surface area contributed by atoms with Crippen LogP contribution in [0.25, 0.3) is 10.9 Å². The lowest BCUT2D eigenvalue weighted by Crippen LogP contribution is -2.15. The van der Waals surface area contributed by atoms with Crippen molar-refractivity contribution in [1.82, 2.24) is 4.98 Å². The molecule has 2 N–H and O–H groups in total. The lowest BCUT2D eigenvalue weighted by molar-refractivity contribution is -0.140. The number of rotatable bonds is 3. The smallest absolute Gasteiger partial charge is 0.380 e. The molecule has 0 aliphatic carbocycles. The predicted molar refractivity (Wildman–Crippen MR) is 92.2 cm³/mol. The van der Waals surface area contributed by atoms with Gasteiger partial charge in [-0.3, -0.25) is 0 Å². The zero-order chi connectivity index (χ0) is 18.9. The number of nitrogens with zero attached hydrogens (tertiary/aromatic N) is 2. The number of nitrogens with two attached hydrogens (primary N) is 1. The van der Waals surface area contributed by atoms with Gasteiger partial charge in [-0.1, -0.05) is 47.1 Å². The summed E-state index contributed by atoms with van der Waals surface area (Å²) in [5.74, 6) is -1.03. The molecule has 5 nitrogen and oxygen atoms in total. The number of alkyl halides is 3. The standard InChI is InChI=1S/C16H9ClF3N3O2S/c17-10-6-11(16(18,19)20)22-12-9(10)7-26-13(12)15(24)25-23-14(21)8-4-2-1-3-5-8/h1-7H,(H2,21,23). The lowest BCUT2D eigenvalue weighted by atomic mass is 10.2. The van der Waals surface area contributed by atoms with Crippen LogP contribution in [-0.2, 0) is 11.0 Å². The number of oxime groups is 1. The van der Waals surface area contributed by atoms with E-state index < -0.39 is 17.8 Å². The molecule has 3 rings (SSSR count). The number of halogens is 4. The zero-order valence-corrected chi connectivity index (χ0v) is 14.3. The molecule has 0 fully saturated rings. The van der Waals surface area contributed by atoms with E-state index in [2.05, 4.69) is 10.1 Å². The number of aromatic nitrogens is 1. The molecule has 134 valence electrons. The van der Waals surface area contributed by atoms with Crippen LogP contribution in [-0.4, -0.2) is 16.8 Å². The highest BCUT2D eigenvalue weighted by atomic mass is 35.5. The molecule has 2 heterocycles. The lowest BCUT2D eigenvalue weighted by Gasteiger charge is -2.07. The van der Waals surface area contributed by atoms with Crippen LogP contribution in [0.4, 0.5) is 13.2 Å². The van der Waals surface area contributed by atoms with Crippen molar-refractivity contribution in [3.63, 3.8) is 0 Å². The van der Waals surface area contributed by atoms with Crippen LogP contribution < -0.4 is 5.73 Å². The molecule has 0 amide bonds. The summed E-state index contributed by atoms with van der Waals surface area (Å²) in [6.07, 6.45) is -4.70. The van der Waals surface area contributed by atoms with Crippen molar-refractivity contribution in [2.45, 2.75) is 6.18 Å². The van der Waals surface area contributed by atoms with Crippen molar-refractivity contribution >= 4 is 45.6 Å². The van der Waals surface area contributed by atoms with Crippen molar-refractivity contribution in [3.8, 4) is 0 Å². The first-order chi connectivity index (χ1) is 12.3. The van der Waals surface area contributed by atoms with E-state index in [-0.39, 0.29) is 26.6 Å². The minimum atomic E-state index is -4.70. The van der Waals surface area contributed by atoms with Gasteiger partial charge in [-0.15, -0.1) is 11.3 Å². The van der Waals surface area contributed by atoms with Crippen molar-refractivity contribution in [3.05, 3.63) is 62.9 Å². The van der Waals surface area contributed by atoms with Crippen molar-refractivity contribution in [2.75, 3.05) is 0 Å². The van der Waals surface area contributed by atoms with Gasteiger partial charge < -0.3 is 10.6 Å². The van der Waals surface area contributed by atoms with Crippen LogP contribution in [0.1, 0.15) is 20.9 Å². The topological polar surface area (TPSA) is 77.6 Å². The van der Waals surface area contributed by atoms with E-state index in [1.807, 2.05) is 0 Å². The fraction of sp³-hybridized carbons (Fsp3) is 0.0625. The molecule has 0 aliphatic heterocycles. The molecule has 10 heteroatoms. The summed E-state index contributed by atoms with van der Waals surface area (Å²) < 4.78 is 38.7. The minimum absolute atomic E-state index is 0.0539. The number of amidine groups is 1. The van der Waals surface area contributed by atoms with Crippen LogP contribution in [0.15, 0.2) is 46.9 Å². The minimum Gasteiger partial charge on any atom is -0.380 e. The van der Waals surface area contributed by atoms with Gasteiger partial charge in [0.2, 0.25) is 0 Å². The maximum absolute atomic E-state index is 12.9. The highest BCUT2D eigenvalue weighted by Gasteiger charge is 2.34. The van der Waals surface area contributed by atoms with Crippen molar-refractivity contribution in [1.29, 1.82) is 0 Å². The molecule has 0 unspecified atom stereocenters. The van der Waals surface area contributed by atoms with Crippen LogP contribution in [0.5, 0.6) is 0 Å². The quantitative estimate of drug-likeness (QED) is 0.305. The first-order valence-electron chi connectivity index (χ1n) is 7.02. The summed E-state index contributed by atoms with van der Waals surface area (Å²) in [7, 11) is 0. The molecule has 0 radical (unpaired) electrons. The summed E-state index contributed by atoms with van der Waals surface area (Å²) in [5.41, 5.74) is 4.83. The van der Waals surface area contributed by atoms with Gasteiger partial charge in [0.1, 0.15) is 10.6 Å². The monoisotopic (exact) mass is 399 g/mol. The number of pyridine rings is 1. The molecule has 0 atom stereocenters. The van der Waals surface area contributed by atoms with Gasteiger partial charge in [0.15, 0.2) is 5.84 Å². The Balaban J connectivity index is 1.93. The van der Waals surface area contributed by atoms with E-state index in [0.717, 1.165) is 11.3 Å². The summed E-state index contributed by atoms with van der Waals surface area (Å²) >= 11 is 6.71. The fourth-order valence-corrected chi connectivity index (χ4v) is 3.25. The Morgan fingerprint density at radius 1 is 1.27 bits per heavy atom. The summed E-state index contributed by atoms with van der Waals surface area (Å²) in [4.78, 5) is 20.3. The van der Waals surface area contributed by atoms with Crippen LogP contribution >= 0.6 is 22.9 Å². The summed E-state index contributed by atoms with van der Waals surface area (Å²) in [6, 6.07) is 9.23. The summed E-state index contributed by atoms with van der Waals surface area (Å²) in [6.45, 7) is 0. The molecule has 3 aromatic rings. The molecule has 0 spiro atoms. The van der Waals surface area contributed by atoms with Gasteiger partial charge in [0.25, 0.3) is 0 Å². The predicted octanol–water partition coefficient (Wildman–Crippen LogP) is 4.45. The van der Waals surface area contributed by atoms with Crippen LogP contribution in [0, 0.1) is 0 Å². The first kappa shape index (κ1) is 18.2. The van der Waals surface area contributed by atoms with Gasteiger partial charge in [0.05, 0.1) is 10.5 Å². The second-order valence-electron chi connectivity index (χ2n) is 5.04. The number of hydrogen-bond acceptors (Lipinski definition) is 5. The van der Waals surface area contributed by atoms with Gasteiger partial charge in [-0.05, 0) is 6.07 Å². The zero-order valence-electron chi connectivity index (χ0n) is 12.7. The molecular weight excluding hydrogens is 391 g/mol. The molecule has 0 saturated carbocycles. The van der Waals surface area contributed by atoms with Crippen molar-refractivity contribution in [2.24, 2.45) is 10.9 Å². The largest absolute Gasteiger partial charge is 0.433 e. The third kappa shape index (κ3) is 3.63. The number of carbonyl (C=O) groups excluding carboxylic acids is 1. The van der Waals surface area contributed by atoms with Gasteiger partial charge in [-0.2, -0.15) is 13.2 Å². The molecular formula is C16H9ClF3N3O2S. The summed E-state index contributed by atoms with van der Waals surface area (Å²) in [5, 5.41) is 5.00. The van der Waals surface area contributed by atoms with Crippen LogP contribution in [0.3, 0.4) is 0 Å². The highest BCUT2D eigenvalue weighted by Crippen LogP contribution is 2.36. The molecule has 2 aromatic heterocycles. The third-order valence-electron chi connectivity index (χ3n) is 3.29. The Morgan fingerprint density at radius 3 is 2.62 bits per heavy atom. The number of fused-ring (bicyclic) bond motifs is 1. The number of benzene rings is 1. The first-order valence-corrected chi connectivity index (χ1v) is 8.28. The Labute approximate surface area is 153 Å². The van der Waals surface area contributed by atoms with Crippen molar-refractivity contribution < 1.29 is 22.8 Å². The number of carbonyl (C=O) groups is 1. The Hall–Kier alpha value is -2.65.